The summed E-state index contributed by atoms with van der Waals surface area (Å²) in [5, 5.41) is 19.2. The molecule has 0 saturated heterocycles. The van der Waals surface area contributed by atoms with Crippen LogP contribution in [0, 0.1) is 0 Å². The lowest BCUT2D eigenvalue weighted by Crippen LogP contribution is -2.33. The Balaban J connectivity index is 1.43. The van der Waals surface area contributed by atoms with E-state index < -0.39 is 12.2 Å². The van der Waals surface area contributed by atoms with Crippen molar-refractivity contribution in [3.63, 3.8) is 0 Å². The molecule has 0 heterocycles. The standard InChI is InChI=1S/C25H25NO5/c1-26(14-24(30-2)16-11-12-22(27)23(28)13-16)25(29)31-15-21-19-9-5-3-7-17(19)18-8-4-6-10-20(18)21/h3-13,21,24,27-28H,14-15H2,1-2H3. The monoisotopic (exact) mass is 419 g/mol. The average Bonchev–Trinajstić information content (AvgIpc) is 3.11. The van der Waals surface area contributed by atoms with Crippen LogP contribution in [0.3, 0.4) is 0 Å². The first-order chi connectivity index (χ1) is 15.0. The smallest absolute Gasteiger partial charge is 0.409 e. The van der Waals surface area contributed by atoms with Crippen LogP contribution >= 0.6 is 0 Å². The molecule has 31 heavy (non-hydrogen) atoms. The maximum atomic E-state index is 12.7. The number of carbonyl (C=O) groups excluding carboxylic acids is 1. The van der Waals surface area contributed by atoms with E-state index in [-0.39, 0.29) is 30.6 Å². The summed E-state index contributed by atoms with van der Waals surface area (Å²) in [6.45, 7) is 0.478. The Kier molecular flexibility index (Phi) is 5.82. The van der Waals surface area contributed by atoms with Crippen LogP contribution < -0.4 is 0 Å². The Morgan fingerprint density at radius 1 is 0.968 bits per heavy atom. The van der Waals surface area contributed by atoms with Crippen molar-refractivity contribution in [1.29, 1.82) is 0 Å². The average molecular weight is 419 g/mol. The zero-order valence-electron chi connectivity index (χ0n) is 17.5. The van der Waals surface area contributed by atoms with Crippen molar-refractivity contribution in [1.82, 2.24) is 4.90 Å². The highest BCUT2D eigenvalue weighted by Gasteiger charge is 2.29. The van der Waals surface area contributed by atoms with Crippen LogP contribution in [0.2, 0.25) is 0 Å². The fourth-order valence-corrected chi connectivity index (χ4v) is 4.08. The SMILES string of the molecule is COC(CN(C)C(=O)OCC1c2ccccc2-c2ccccc21)c1ccc(O)c(O)c1. The van der Waals surface area contributed by atoms with Crippen LogP contribution in [-0.4, -0.2) is 48.5 Å². The first kappa shape index (κ1) is 20.8. The molecule has 0 radical (unpaired) electrons. The molecule has 160 valence electrons. The Hall–Kier alpha value is -3.51. The zero-order valence-corrected chi connectivity index (χ0v) is 17.5. The third kappa shape index (κ3) is 4.07. The molecule has 1 aliphatic carbocycles. The second-order valence-corrected chi connectivity index (χ2v) is 7.66. The Morgan fingerprint density at radius 3 is 2.16 bits per heavy atom. The molecule has 0 aromatic heterocycles. The number of likely N-dealkylation sites (N-methyl/N-ethyl adjacent to an activating group) is 1. The van der Waals surface area contributed by atoms with Crippen molar-refractivity contribution in [2.75, 3.05) is 27.3 Å². The van der Waals surface area contributed by atoms with Crippen LogP contribution in [0.4, 0.5) is 4.79 Å². The predicted octanol–water partition coefficient (Wildman–Crippen LogP) is 4.67. The van der Waals surface area contributed by atoms with Crippen molar-refractivity contribution < 1.29 is 24.5 Å². The molecule has 1 aliphatic rings. The second-order valence-electron chi connectivity index (χ2n) is 7.66. The molecule has 6 heteroatoms. The van der Waals surface area contributed by atoms with Crippen molar-refractivity contribution in [3.05, 3.63) is 83.4 Å². The first-order valence-corrected chi connectivity index (χ1v) is 10.1. The van der Waals surface area contributed by atoms with Gasteiger partial charge in [0, 0.05) is 20.1 Å². The van der Waals surface area contributed by atoms with Gasteiger partial charge in [-0.05, 0) is 39.9 Å². The van der Waals surface area contributed by atoms with E-state index in [0.29, 0.717) is 5.56 Å². The minimum atomic E-state index is -0.475. The summed E-state index contributed by atoms with van der Waals surface area (Å²) in [5.41, 5.74) is 5.33. The lowest BCUT2D eigenvalue weighted by atomic mass is 9.98. The molecule has 1 unspecified atom stereocenters. The topological polar surface area (TPSA) is 79.2 Å². The number of aromatic hydroxyl groups is 2. The van der Waals surface area contributed by atoms with Gasteiger partial charge >= 0.3 is 6.09 Å². The lowest BCUT2D eigenvalue weighted by molar-refractivity contribution is 0.0564. The number of ether oxygens (including phenoxy) is 2. The van der Waals surface area contributed by atoms with E-state index in [1.165, 1.54) is 35.3 Å². The summed E-state index contributed by atoms with van der Waals surface area (Å²) in [6.07, 6.45) is -0.927. The van der Waals surface area contributed by atoms with E-state index in [1.807, 2.05) is 24.3 Å². The molecule has 0 spiro atoms. The Bertz CT molecular complexity index is 1050. The van der Waals surface area contributed by atoms with Crippen molar-refractivity contribution >= 4 is 6.09 Å². The summed E-state index contributed by atoms with van der Waals surface area (Å²) in [7, 11) is 3.17. The summed E-state index contributed by atoms with van der Waals surface area (Å²) in [5.74, 6) is -0.441. The quantitative estimate of drug-likeness (QED) is 0.568. The van der Waals surface area contributed by atoms with E-state index in [9.17, 15) is 15.0 Å². The number of benzene rings is 3. The minimum Gasteiger partial charge on any atom is -0.504 e. The van der Waals surface area contributed by atoms with Crippen molar-refractivity contribution in [2.24, 2.45) is 0 Å². The van der Waals surface area contributed by atoms with Crippen LogP contribution in [-0.2, 0) is 9.47 Å². The molecule has 0 aliphatic heterocycles. The van der Waals surface area contributed by atoms with Crippen LogP contribution in [0.1, 0.15) is 28.7 Å². The number of hydrogen-bond donors (Lipinski definition) is 2. The fraction of sp³-hybridized carbons (Fsp3) is 0.240. The van der Waals surface area contributed by atoms with E-state index in [4.69, 9.17) is 9.47 Å². The van der Waals surface area contributed by atoms with Gasteiger partial charge < -0.3 is 24.6 Å². The van der Waals surface area contributed by atoms with Crippen molar-refractivity contribution in [2.45, 2.75) is 12.0 Å². The molecule has 2 N–H and O–H groups in total. The number of fused-ring (bicyclic) bond motifs is 3. The molecular weight excluding hydrogens is 394 g/mol. The predicted molar refractivity (Wildman–Crippen MR) is 117 cm³/mol. The Morgan fingerprint density at radius 2 is 1.58 bits per heavy atom. The summed E-state index contributed by atoms with van der Waals surface area (Å²) in [6, 6.07) is 20.9. The molecule has 3 aromatic rings. The summed E-state index contributed by atoms with van der Waals surface area (Å²) in [4.78, 5) is 14.1. The number of phenols is 2. The Labute approximate surface area is 181 Å². The van der Waals surface area contributed by atoms with Crippen LogP contribution in [0.5, 0.6) is 11.5 Å². The molecule has 0 saturated carbocycles. The van der Waals surface area contributed by atoms with E-state index in [2.05, 4.69) is 24.3 Å². The number of nitrogens with zero attached hydrogens (tertiary/aromatic N) is 1. The van der Waals surface area contributed by atoms with Gasteiger partial charge in [-0.25, -0.2) is 4.79 Å². The van der Waals surface area contributed by atoms with Gasteiger partial charge in [0.15, 0.2) is 11.5 Å². The van der Waals surface area contributed by atoms with Gasteiger partial charge in [0.05, 0.1) is 12.6 Å². The first-order valence-electron chi connectivity index (χ1n) is 10.1. The highest BCUT2D eigenvalue weighted by atomic mass is 16.6. The number of carbonyl (C=O) groups is 1. The van der Waals surface area contributed by atoms with Gasteiger partial charge in [-0.1, -0.05) is 54.6 Å². The zero-order chi connectivity index (χ0) is 22.0. The summed E-state index contributed by atoms with van der Waals surface area (Å²) >= 11 is 0. The summed E-state index contributed by atoms with van der Waals surface area (Å²) < 4.78 is 11.1. The molecule has 0 bridgehead atoms. The molecule has 0 fully saturated rings. The molecule has 4 rings (SSSR count). The molecule has 6 nitrogen and oxygen atoms in total. The van der Waals surface area contributed by atoms with E-state index >= 15 is 0 Å². The molecule has 1 atom stereocenters. The third-order valence-corrected chi connectivity index (χ3v) is 5.74. The normalized spacial score (nSPS) is 13.4. The van der Waals surface area contributed by atoms with Gasteiger partial charge in [0.2, 0.25) is 0 Å². The number of rotatable bonds is 6. The van der Waals surface area contributed by atoms with E-state index in [0.717, 1.165) is 11.1 Å². The molecular formula is C25H25NO5. The van der Waals surface area contributed by atoms with Crippen molar-refractivity contribution in [3.8, 4) is 22.6 Å². The maximum Gasteiger partial charge on any atom is 0.409 e. The van der Waals surface area contributed by atoms with Crippen LogP contribution in [0.15, 0.2) is 66.7 Å². The number of hydrogen-bond acceptors (Lipinski definition) is 5. The van der Waals surface area contributed by atoms with Gasteiger partial charge in [-0.2, -0.15) is 0 Å². The number of phenolic OH excluding ortho intramolecular Hbond substituents is 2. The third-order valence-electron chi connectivity index (χ3n) is 5.74. The largest absolute Gasteiger partial charge is 0.504 e. The second kappa shape index (κ2) is 8.70. The highest BCUT2D eigenvalue weighted by molar-refractivity contribution is 5.79. The lowest BCUT2D eigenvalue weighted by Gasteiger charge is -2.24. The number of methoxy groups -OCH3 is 1. The highest BCUT2D eigenvalue weighted by Crippen LogP contribution is 2.44. The van der Waals surface area contributed by atoms with Gasteiger partial charge in [-0.3, -0.25) is 0 Å². The van der Waals surface area contributed by atoms with Gasteiger partial charge in [-0.15, -0.1) is 0 Å². The maximum absolute atomic E-state index is 12.7. The molecule has 1 amide bonds. The van der Waals surface area contributed by atoms with Gasteiger partial charge in [0.1, 0.15) is 6.61 Å². The minimum absolute atomic E-state index is 0.00276. The fourth-order valence-electron chi connectivity index (χ4n) is 4.08. The van der Waals surface area contributed by atoms with E-state index in [1.54, 1.807) is 13.1 Å². The number of amides is 1. The van der Waals surface area contributed by atoms with Crippen LogP contribution in [0.25, 0.3) is 11.1 Å². The molecule has 3 aromatic carbocycles. The van der Waals surface area contributed by atoms with Gasteiger partial charge in [0.25, 0.3) is 0 Å².